The Morgan fingerprint density at radius 3 is 3.00 bits per heavy atom. The Kier molecular flexibility index (Phi) is 2.66. The van der Waals surface area contributed by atoms with Gasteiger partial charge in [-0.2, -0.15) is 0 Å². The van der Waals surface area contributed by atoms with Gasteiger partial charge in [0.2, 0.25) is 0 Å². The van der Waals surface area contributed by atoms with Gasteiger partial charge in [0, 0.05) is 0 Å². The number of hydrogen-bond donors (Lipinski definition) is 2. The van der Waals surface area contributed by atoms with Crippen LogP contribution in [0.2, 0.25) is 0 Å². The van der Waals surface area contributed by atoms with Crippen LogP contribution in [0.4, 0.5) is 0 Å². The van der Waals surface area contributed by atoms with E-state index < -0.39 is 0 Å². The Morgan fingerprint density at radius 1 is 1.46 bits per heavy atom. The third kappa shape index (κ3) is 1.92. The number of hydrogen-bond acceptors (Lipinski definition) is 3. The molecule has 1 atom stereocenters. The van der Waals surface area contributed by atoms with Gasteiger partial charge in [0.25, 0.3) is 0 Å². The predicted octanol–water partition coefficient (Wildman–Crippen LogP) is 1.59. The summed E-state index contributed by atoms with van der Waals surface area (Å²) in [4.78, 5) is 0. The van der Waals surface area contributed by atoms with Crippen LogP contribution in [0.1, 0.15) is 36.8 Å². The molecule has 1 aromatic heterocycles. The number of nitrogens with one attached hydrogen (secondary N) is 1. The molecule has 0 bridgehead atoms. The molecule has 0 amide bonds. The lowest BCUT2D eigenvalue weighted by molar-refractivity contribution is 0.236. The quantitative estimate of drug-likeness (QED) is 0.728. The van der Waals surface area contributed by atoms with Crippen molar-refractivity contribution in [3.63, 3.8) is 0 Å². The molecule has 2 rings (SSSR count). The van der Waals surface area contributed by atoms with Crippen LogP contribution in [0.25, 0.3) is 0 Å². The average molecular weight is 181 g/mol. The predicted molar refractivity (Wildman–Crippen MR) is 49.2 cm³/mol. The van der Waals surface area contributed by atoms with Crippen molar-refractivity contribution in [1.29, 1.82) is 0 Å². The second-order valence-electron chi connectivity index (χ2n) is 3.46. The van der Waals surface area contributed by atoms with E-state index in [1.54, 1.807) is 0 Å². The molecule has 1 aromatic rings. The van der Waals surface area contributed by atoms with Crippen molar-refractivity contribution in [2.45, 2.75) is 31.9 Å². The molecule has 3 heteroatoms. The van der Waals surface area contributed by atoms with Gasteiger partial charge in [-0.1, -0.05) is 6.42 Å². The number of rotatable bonds is 2. The highest BCUT2D eigenvalue weighted by molar-refractivity contribution is 5.10. The number of aliphatic hydroxyl groups is 1. The molecular weight excluding hydrogens is 166 g/mol. The van der Waals surface area contributed by atoms with E-state index in [2.05, 4.69) is 5.32 Å². The minimum atomic E-state index is -0.00722. The fourth-order valence-electron chi connectivity index (χ4n) is 1.76. The summed E-state index contributed by atoms with van der Waals surface area (Å²) in [5.41, 5.74) is 0. The molecule has 2 N–H and O–H groups in total. The lowest BCUT2D eigenvalue weighted by Crippen LogP contribution is -2.26. The first-order chi connectivity index (χ1) is 6.40. The van der Waals surface area contributed by atoms with Gasteiger partial charge in [0.1, 0.15) is 18.1 Å². The van der Waals surface area contributed by atoms with Gasteiger partial charge in [-0.15, -0.1) is 0 Å². The van der Waals surface area contributed by atoms with E-state index in [1.165, 1.54) is 12.8 Å². The zero-order valence-corrected chi connectivity index (χ0v) is 7.62. The zero-order chi connectivity index (χ0) is 9.10. The van der Waals surface area contributed by atoms with E-state index in [0.29, 0.717) is 11.8 Å². The molecule has 0 aliphatic carbocycles. The van der Waals surface area contributed by atoms with Crippen LogP contribution in [-0.4, -0.2) is 11.7 Å². The first-order valence-corrected chi connectivity index (χ1v) is 4.83. The van der Waals surface area contributed by atoms with Crippen molar-refractivity contribution in [2.24, 2.45) is 0 Å². The van der Waals surface area contributed by atoms with Crippen LogP contribution in [0.15, 0.2) is 16.5 Å². The maximum atomic E-state index is 8.84. The molecule has 0 aromatic carbocycles. The molecule has 2 heterocycles. The highest BCUT2D eigenvalue weighted by Gasteiger charge is 2.17. The zero-order valence-electron chi connectivity index (χ0n) is 7.62. The molecule has 1 fully saturated rings. The minimum absolute atomic E-state index is 0.00722. The minimum Gasteiger partial charge on any atom is -0.462 e. The van der Waals surface area contributed by atoms with E-state index >= 15 is 0 Å². The summed E-state index contributed by atoms with van der Waals surface area (Å²) in [5, 5.41) is 12.2. The maximum Gasteiger partial charge on any atom is 0.129 e. The summed E-state index contributed by atoms with van der Waals surface area (Å²) in [6, 6.07) is 4.15. The molecule has 1 unspecified atom stereocenters. The van der Waals surface area contributed by atoms with Crippen molar-refractivity contribution in [2.75, 3.05) is 6.54 Å². The van der Waals surface area contributed by atoms with E-state index in [9.17, 15) is 0 Å². The highest BCUT2D eigenvalue weighted by atomic mass is 16.4. The second kappa shape index (κ2) is 3.94. The topological polar surface area (TPSA) is 45.4 Å². The van der Waals surface area contributed by atoms with Crippen LogP contribution < -0.4 is 5.32 Å². The van der Waals surface area contributed by atoms with Gasteiger partial charge in [0.15, 0.2) is 0 Å². The largest absolute Gasteiger partial charge is 0.462 e. The van der Waals surface area contributed by atoms with Crippen molar-refractivity contribution in [3.05, 3.63) is 23.7 Å². The van der Waals surface area contributed by atoms with Crippen LogP contribution in [0, 0.1) is 0 Å². The summed E-state index contributed by atoms with van der Waals surface area (Å²) in [6.07, 6.45) is 3.65. The molecule has 0 radical (unpaired) electrons. The smallest absolute Gasteiger partial charge is 0.129 e. The maximum absolute atomic E-state index is 8.84. The highest BCUT2D eigenvalue weighted by Crippen LogP contribution is 2.24. The first-order valence-electron chi connectivity index (χ1n) is 4.83. The third-order valence-electron chi connectivity index (χ3n) is 2.49. The SMILES string of the molecule is OCc1ccc(C2CCCCN2)o1. The Hall–Kier alpha value is -0.800. The Balaban J connectivity index is 2.05. The summed E-state index contributed by atoms with van der Waals surface area (Å²) in [6.45, 7) is 1.06. The van der Waals surface area contributed by atoms with Crippen LogP contribution in [-0.2, 0) is 6.61 Å². The molecule has 1 aliphatic heterocycles. The van der Waals surface area contributed by atoms with Gasteiger partial charge in [-0.3, -0.25) is 0 Å². The molecule has 1 saturated heterocycles. The van der Waals surface area contributed by atoms with Gasteiger partial charge < -0.3 is 14.8 Å². The summed E-state index contributed by atoms with van der Waals surface area (Å²) < 4.78 is 5.46. The Bertz CT molecular complexity index is 264. The lowest BCUT2D eigenvalue weighted by Gasteiger charge is -2.21. The molecule has 0 saturated carbocycles. The van der Waals surface area contributed by atoms with Crippen LogP contribution in [0.5, 0.6) is 0 Å². The third-order valence-corrected chi connectivity index (χ3v) is 2.49. The van der Waals surface area contributed by atoms with E-state index in [4.69, 9.17) is 9.52 Å². The molecule has 72 valence electrons. The Labute approximate surface area is 77.8 Å². The normalized spacial score (nSPS) is 23.3. The van der Waals surface area contributed by atoms with Crippen LogP contribution >= 0.6 is 0 Å². The molecule has 13 heavy (non-hydrogen) atoms. The number of piperidine rings is 1. The second-order valence-corrected chi connectivity index (χ2v) is 3.46. The number of aliphatic hydroxyl groups excluding tert-OH is 1. The van der Waals surface area contributed by atoms with Crippen molar-refractivity contribution in [3.8, 4) is 0 Å². The standard InChI is InChI=1S/C10H15NO2/c12-7-8-4-5-10(13-8)9-3-1-2-6-11-9/h4-5,9,11-12H,1-3,6-7H2. The molecule has 3 nitrogen and oxygen atoms in total. The molecular formula is C10H15NO2. The van der Waals surface area contributed by atoms with Crippen molar-refractivity contribution < 1.29 is 9.52 Å². The van der Waals surface area contributed by atoms with E-state index in [-0.39, 0.29) is 6.61 Å². The average Bonchev–Trinajstić information content (AvgIpc) is 2.67. The van der Waals surface area contributed by atoms with Crippen LogP contribution in [0.3, 0.4) is 0 Å². The molecule has 1 aliphatic rings. The monoisotopic (exact) mass is 181 g/mol. The molecule has 0 spiro atoms. The first kappa shape index (κ1) is 8.78. The lowest BCUT2D eigenvalue weighted by atomic mass is 10.0. The fourth-order valence-corrected chi connectivity index (χ4v) is 1.76. The van der Waals surface area contributed by atoms with Crippen molar-refractivity contribution >= 4 is 0 Å². The van der Waals surface area contributed by atoms with E-state index in [0.717, 1.165) is 18.7 Å². The van der Waals surface area contributed by atoms with E-state index in [1.807, 2.05) is 12.1 Å². The summed E-state index contributed by atoms with van der Waals surface area (Å²) in [7, 11) is 0. The van der Waals surface area contributed by atoms with Crippen molar-refractivity contribution in [1.82, 2.24) is 5.32 Å². The summed E-state index contributed by atoms with van der Waals surface area (Å²) >= 11 is 0. The number of furan rings is 1. The van der Waals surface area contributed by atoms with Gasteiger partial charge in [-0.25, -0.2) is 0 Å². The van der Waals surface area contributed by atoms with Gasteiger partial charge >= 0.3 is 0 Å². The van der Waals surface area contributed by atoms with Gasteiger partial charge in [-0.05, 0) is 31.5 Å². The Morgan fingerprint density at radius 2 is 2.38 bits per heavy atom. The summed E-state index contributed by atoms with van der Waals surface area (Å²) in [5.74, 6) is 1.62. The fraction of sp³-hybridized carbons (Fsp3) is 0.600. The van der Waals surface area contributed by atoms with Gasteiger partial charge in [0.05, 0.1) is 6.04 Å².